The fourth-order valence-electron chi connectivity index (χ4n) is 1.76. The summed E-state index contributed by atoms with van der Waals surface area (Å²) in [7, 11) is 0. The predicted molar refractivity (Wildman–Crippen MR) is 75.7 cm³/mol. The first kappa shape index (κ1) is 13.7. The van der Waals surface area contributed by atoms with Crippen LogP contribution in [0.5, 0.6) is 0 Å². The Kier molecular flexibility index (Phi) is 4.27. The average molecular weight is 323 g/mol. The number of hydrogen-bond acceptors (Lipinski definition) is 2. The molecule has 0 aliphatic carbocycles. The molecule has 0 N–H and O–H groups in total. The molecule has 0 saturated carbocycles. The molecule has 0 bridgehead atoms. The first-order valence-corrected chi connectivity index (χ1v) is 6.60. The fourth-order valence-corrected chi connectivity index (χ4v) is 2.12. The molecule has 19 heavy (non-hydrogen) atoms. The molecule has 1 heterocycles. The van der Waals surface area contributed by atoms with Crippen molar-refractivity contribution in [3.8, 4) is 0 Å². The fraction of sp³-hybridized carbons (Fsp3) is 0.143. The van der Waals surface area contributed by atoms with E-state index in [1.807, 2.05) is 6.92 Å². The summed E-state index contributed by atoms with van der Waals surface area (Å²) in [5.74, 6) is -0.462. The van der Waals surface area contributed by atoms with Crippen molar-refractivity contribution in [2.45, 2.75) is 6.92 Å². The molecule has 2 aromatic rings. The van der Waals surface area contributed by atoms with Crippen LogP contribution in [0.2, 0.25) is 0 Å². The number of hydrogen-bond donors (Lipinski definition) is 0. The number of carbonyl (C=O) groups is 1. The van der Waals surface area contributed by atoms with E-state index in [-0.39, 0.29) is 11.7 Å². The highest BCUT2D eigenvalue weighted by molar-refractivity contribution is 9.10. The van der Waals surface area contributed by atoms with Gasteiger partial charge in [0.2, 0.25) is 0 Å². The maximum Gasteiger partial charge on any atom is 0.258 e. The van der Waals surface area contributed by atoms with Gasteiger partial charge in [0.1, 0.15) is 10.4 Å². The minimum absolute atomic E-state index is 0.141. The monoisotopic (exact) mass is 322 g/mol. The second-order valence-electron chi connectivity index (χ2n) is 3.89. The highest BCUT2D eigenvalue weighted by Crippen LogP contribution is 2.18. The Morgan fingerprint density at radius 3 is 2.58 bits per heavy atom. The van der Waals surface area contributed by atoms with E-state index >= 15 is 0 Å². The van der Waals surface area contributed by atoms with Crippen LogP contribution in [-0.2, 0) is 0 Å². The molecule has 1 aromatic carbocycles. The summed E-state index contributed by atoms with van der Waals surface area (Å²) in [5, 5.41) is 0. The van der Waals surface area contributed by atoms with Crippen LogP contribution in [0.4, 0.5) is 10.1 Å². The molecule has 2 rings (SSSR count). The third-order valence-corrected chi connectivity index (χ3v) is 3.11. The molecule has 0 aliphatic rings. The number of rotatable bonds is 3. The summed E-state index contributed by atoms with van der Waals surface area (Å²) in [6, 6.07) is 9.18. The molecular formula is C14H12BrFN2O. The standard InChI is InChI=1S/C14H12BrFN2O/c1-2-18(12-5-3-11(16)4-6-12)14(19)10-7-8-17-13(15)9-10/h3-9H,2H2,1H3. The van der Waals surface area contributed by atoms with Crippen molar-refractivity contribution in [2.24, 2.45) is 0 Å². The Labute approximate surface area is 119 Å². The molecule has 0 aliphatic heterocycles. The van der Waals surface area contributed by atoms with Gasteiger partial charge in [0.25, 0.3) is 5.91 Å². The summed E-state index contributed by atoms with van der Waals surface area (Å²) in [6.45, 7) is 2.38. The summed E-state index contributed by atoms with van der Waals surface area (Å²) in [4.78, 5) is 18.0. The summed E-state index contributed by atoms with van der Waals surface area (Å²) in [5.41, 5.74) is 1.20. The largest absolute Gasteiger partial charge is 0.309 e. The van der Waals surface area contributed by atoms with Gasteiger partial charge in [-0.2, -0.15) is 0 Å². The van der Waals surface area contributed by atoms with E-state index in [9.17, 15) is 9.18 Å². The molecule has 0 unspecified atom stereocenters. The number of aromatic nitrogens is 1. The molecule has 5 heteroatoms. The van der Waals surface area contributed by atoms with Crippen LogP contribution in [-0.4, -0.2) is 17.4 Å². The molecule has 0 atom stereocenters. The zero-order chi connectivity index (χ0) is 13.8. The quantitative estimate of drug-likeness (QED) is 0.808. The molecule has 3 nitrogen and oxygen atoms in total. The van der Waals surface area contributed by atoms with Gasteiger partial charge in [0.15, 0.2) is 0 Å². The lowest BCUT2D eigenvalue weighted by atomic mass is 10.2. The van der Waals surface area contributed by atoms with Crippen molar-refractivity contribution in [1.29, 1.82) is 0 Å². The first-order chi connectivity index (χ1) is 9.11. The van der Waals surface area contributed by atoms with Gasteiger partial charge >= 0.3 is 0 Å². The van der Waals surface area contributed by atoms with E-state index in [4.69, 9.17) is 0 Å². The zero-order valence-electron chi connectivity index (χ0n) is 10.3. The van der Waals surface area contributed by atoms with Gasteiger partial charge in [-0.3, -0.25) is 4.79 Å². The van der Waals surface area contributed by atoms with Crippen LogP contribution in [0.25, 0.3) is 0 Å². The van der Waals surface area contributed by atoms with Crippen LogP contribution in [0.15, 0.2) is 47.2 Å². The number of amides is 1. The Bertz CT molecular complexity index is 586. The van der Waals surface area contributed by atoms with E-state index in [1.165, 1.54) is 12.1 Å². The molecule has 98 valence electrons. The minimum atomic E-state index is -0.320. The highest BCUT2D eigenvalue weighted by Gasteiger charge is 2.16. The van der Waals surface area contributed by atoms with Crippen molar-refractivity contribution < 1.29 is 9.18 Å². The SMILES string of the molecule is CCN(C(=O)c1ccnc(Br)c1)c1ccc(F)cc1. The van der Waals surface area contributed by atoms with E-state index in [0.717, 1.165) is 0 Å². The minimum Gasteiger partial charge on any atom is -0.309 e. The van der Waals surface area contributed by atoms with E-state index < -0.39 is 0 Å². The Morgan fingerprint density at radius 2 is 2.00 bits per heavy atom. The average Bonchev–Trinajstić information content (AvgIpc) is 2.41. The molecule has 0 saturated heterocycles. The predicted octanol–water partition coefficient (Wildman–Crippen LogP) is 3.65. The van der Waals surface area contributed by atoms with E-state index in [0.29, 0.717) is 22.4 Å². The lowest BCUT2D eigenvalue weighted by Crippen LogP contribution is -2.30. The van der Waals surface area contributed by atoms with Gasteiger partial charge in [0.05, 0.1) is 0 Å². The smallest absolute Gasteiger partial charge is 0.258 e. The molecule has 1 amide bonds. The van der Waals surface area contributed by atoms with Crippen LogP contribution in [0.1, 0.15) is 17.3 Å². The Balaban J connectivity index is 2.31. The molecule has 1 aromatic heterocycles. The number of nitrogens with zero attached hydrogens (tertiary/aromatic N) is 2. The van der Waals surface area contributed by atoms with Crippen molar-refractivity contribution in [2.75, 3.05) is 11.4 Å². The van der Waals surface area contributed by atoms with Crippen molar-refractivity contribution in [3.05, 3.63) is 58.6 Å². The maximum atomic E-state index is 12.9. The van der Waals surface area contributed by atoms with Crippen LogP contribution < -0.4 is 4.90 Å². The zero-order valence-corrected chi connectivity index (χ0v) is 11.9. The van der Waals surface area contributed by atoms with Crippen molar-refractivity contribution in [3.63, 3.8) is 0 Å². The number of pyridine rings is 1. The third-order valence-electron chi connectivity index (χ3n) is 2.67. The van der Waals surface area contributed by atoms with Crippen molar-refractivity contribution in [1.82, 2.24) is 4.98 Å². The third kappa shape index (κ3) is 3.17. The normalized spacial score (nSPS) is 10.3. The molecule has 0 spiro atoms. The van der Waals surface area contributed by atoms with E-state index in [2.05, 4.69) is 20.9 Å². The van der Waals surface area contributed by atoms with Gasteiger partial charge in [-0.05, 0) is 59.3 Å². The first-order valence-electron chi connectivity index (χ1n) is 5.81. The highest BCUT2D eigenvalue weighted by atomic mass is 79.9. The molecule has 0 radical (unpaired) electrons. The summed E-state index contributed by atoms with van der Waals surface area (Å²) < 4.78 is 13.5. The van der Waals surface area contributed by atoms with Gasteiger partial charge < -0.3 is 4.90 Å². The Morgan fingerprint density at radius 1 is 1.32 bits per heavy atom. The number of benzene rings is 1. The number of carbonyl (C=O) groups excluding carboxylic acids is 1. The van der Waals surface area contributed by atoms with Gasteiger partial charge in [-0.25, -0.2) is 9.37 Å². The maximum absolute atomic E-state index is 12.9. The second kappa shape index (κ2) is 5.93. The van der Waals surface area contributed by atoms with E-state index in [1.54, 1.807) is 35.4 Å². The van der Waals surface area contributed by atoms with Crippen LogP contribution in [0.3, 0.4) is 0 Å². The Hall–Kier alpha value is -1.75. The second-order valence-corrected chi connectivity index (χ2v) is 4.71. The number of halogens is 2. The topological polar surface area (TPSA) is 33.2 Å². The van der Waals surface area contributed by atoms with Crippen LogP contribution in [0, 0.1) is 5.82 Å². The van der Waals surface area contributed by atoms with Gasteiger partial charge in [-0.15, -0.1) is 0 Å². The summed E-state index contributed by atoms with van der Waals surface area (Å²) in [6.07, 6.45) is 1.57. The van der Waals surface area contributed by atoms with Crippen LogP contribution >= 0.6 is 15.9 Å². The molecule has 0 fully saturated rings. The lowest BCUT2D eigenvalue weighted by Gasteiger charge is -2.21. The molecular weight excluding hydrogens is 311 g/mol. The van der Waals surface area contributed by atoms with Gasteiger partial charge in [0, 0.05) is 24.0 Å². The summed E-state index contributed by atoms with van der Waals surface area (Å²) >= 11 is 3.24. The van der Waals surface area contributed by atoms with Crippen molar-refractivity contribution >= 4 is 27.5 Å². The lowest BCUT2D eigenvalue weighted by molar-refractivity contribution is 0.0988. The van der Waals surface area contributed by atoms with Gasteiger partial charge in [-0.1, -0.05) is 0 Å². The number of anilines is 1.